The van der Waals surface area contributed by atoms with E-state index in [9.17, 15) is 24.0 Å². The van der Waals surface area contributed by atoms with E-state index in [2.05, 4.69) is 24.5 Å². The molecule has 0 radical (unpaired) electrons. The molecule has 0 fully saturated rings. The summed E-state index contributed by atoms with van der Waals surface area (Å²) in [5.41, 5.74) is 5.98. The van der Waals surface area contributed by atoms with Crippen LogP contribution >= 0.6 is 0 Å². The van der Waals surface area contributed by atoms with Crippen molar-refractivity contribution in [1.82, 2.24) is 15.5 Å². The largest absolute Gasteiger partial charge is 0.458 e. The highest BCUT2D eigenvalue weighted by Crippen LogP contribution is 2.29. The number of hydrogen-bond acceptors (Lipinski definition) is 7. The molecule has 270 valence electrons. The lowest BCUT2D eigenvalue weighted by Crippen LogP contribution is -2.57. The van der Waals surface area contributed by atoms with Crippen LogP contribution in [0.4, 0.5) is 4.79 Å². The number of nitrogens with one attached hydrogen (secondary N) is 2. The zero-order chi connectivity index (χ0) is 37.1. The second kappa shape index (κ2) is 17.8. The third kappa shape index (κ3) is 14.3. The molecule has 0 aliphatic carbocycles. The molecule has 4 N–H and O–H groups in total. The lowest BCUT2D eigenvalue weighted by Gasteiger charge is -2.39. The molecule has 11 nitrogen and oxygen atoms in total. The van der Waals surface area contributed by atoms with Crippen LogP contribution in [-0.4, -0.2) is 64.0 Å². The van der Waals surface area contributed by atoms with E-state index < -0.39 is 71.6 Å². The van der Waals surface area contributed by atoms with Gasteiger partial charge in [0, 0.05) is 12.5 Å². The van der Waals surface area contributed by atoms with E-state index in [0.29, 0.717) is 12.0 Å². The van der Waals surface area contributed by atoms with E-state index in [1.807, 2.05) is 50.2 Å². The molecule has 2 aromatic carbocycles. The fourth-order valence-electron chi connectivity index (χ4n) is 5.29. The van der Waals surface area contributed by atoms with Crippen LogP contribution in [0, 0.1) is 12.8 Å². The monoisotopic (exact) mass is 680 g/mol. The van der Waals surface area contributed by atoms with Crippen molar-refractivity contribution >= 4 is 29.8 Å². The van der Waals surface area contributed by atoms with Crippen LogP contribution in [-0.2, 0) is 35.1 Å². The van der Waals surface area contributed by atoms with Gasteiger partial charge in [0.1, 0.15) is 29.3 Å². The smallest absolute Gasteiger partial charge is 0.408 e. The van der Waals surface area contributed by atoms with Crippen LogP contribution in [0.1, 0.15) is 104 Å². The van der Waals surface area contributed by atoms with Crippen LogP contribution in [0.25, 0.3) is 0 Å². The zero-order valence-electron chi connectivity index (χ0n) is 30.8. The molecule has 4 amide bonds. The molecule has 0 spiro atoms. The minimum absolute atomic E-state index is 0.142. The third-order valence-corrected chi connectivity index (χ3v) is 7.46. The Balaban J connectivity index is 2.72. The Hall–Kier alpha value is -4.41. The highest BCUT2D eigenvalue weighted by Gasteiger charge is 2.41. The highest BCUT2D eigenvalue weighted by atomic mass is 16.6. The minimum atomic E-state index is -1.43. The van der Waals surface area contributed by atoms with Crippen molar-refractivity contribution in [3.63, 3.8) is 0 Å². The lowest BCUT2D eigenvalue weighted by atomic mass is 9.95. The number of nitrogens with two attached hydrogens (primary N) is 1. The van der Waals surface area contributed by atoms with E-state index in [4.69, 9.17) is 15.2 Å². The molecule has 0 aromatic heterocycles. The summed E-state index contributed by atoms with van der Waals surface area (Å²) in [5.74, 6) is -2.49. The maximum Gasteiger partial charge on any atom is 0.408 e. The molecule has 0 saturated carbocycles. The van der Waals surface area contributed by atoms with Gasteiger partial charge in [-0.1, -0.05) is 74.0 Å². The molecule has 0 bridgehead atoms. The van der Waals surface area contributed by atoms with E-state index >= 15 is 0 Å². The predicted molar refractivity (Wildman–Crippen MR) is 189 cm³/mol. The van der Waals surface area contributed by atoms with Crippen LogP contribution < -0.4 is 16.4 Å². The van der Waals surface area contributed by atoms with Gasteiger partial charge in [-0.05, 0) is 85.3 Å². The molecule has 4 atom stereocenters. The summed E-state index contributed by atoms with van der Waals surface area (Å²) in [5, 5.41) is 5.42. The summed E-state index contributed by atoms with van der Waals surface area (Å²) >= 11 is 0. The third-order valence-electron chi connectivity index (χ3n) is 7.46. The van der Waals surface area contributed by atoms with Gasteiger partial charge in [-0.15, -0.1) is 0 Å². The number of carbonyl (C=O) groups is 5. The standard InChI is InChI=1S/C38H56N4O7/c1-24(2)19-20-26(4)42(34(45)29(23-31(39)43)41-36(47)49-38(8,9)10)32(28-18-14-15-25(3)21-28)33(44)40-30(35(46)48-37(5,6)7)22-27-16-12-11-13-17-27/h11-18,21,24,26,29-30,32H,19-20,22-23H2,1-10H3,(H2,39,43)(H,40,44)(H,41,47). The van der Waals surface area contributed by atoms with Crippen LogP contribution in [0.5, 0.6) is 0 Å². The predicted octanol–water partition coefficient (Wildman–Crippen LogP) is 5.53. The van der Waals surface area contributed by atoms with Crippen molar-refractivity contribution in [2.24, 2.45) is 11.7 Å². The first-order chi connectivity index (χ1) is 22.7. The van der Waals surface area contributed by atoms with Crippen LogP contribution in [0.15, 0.2) is 54.6 Å². The van der Waals surface area contributed by atoms with Crippen molar-refractivity contribution < 1.29 is 33.4 Å². The first-order valence-electron chi connectivity index (χ1n) is 16.9. The molecule has 4 unspecified atom stereocenters. The van der Waals surface area contributed by atoms with Gasteiger partial charge in [0.15, 0.2) is 0 Å². The number of benzene rings is 2. The number of esters is 1. The van der Waals surface area contributed by atoms with Gasteiger partial charge in [0.2, 0.25) is 17.7 Å². The first-order valence-corrected chi connectivity index (χ1v) is 16.9. The molecule has 0 saturated heterocycles. The van der Waals surface area contributed by atoms with Crippen molar-refractivity contribution in [2.75, 3.05) is 0 Å². The van der Waals surface area contributed by atoms with Crippen molar-refractivity contribution in [3.05, 3.63) is 71.3 Å². The fourth-order valence-corrected chi connectivity index (χ4v) is 5.29. The summed E-state index contributed by atoms with van der Waals surface area (Å²) in [6.45, 7) is 18.0. The Morgan fingerprint density at radius 3 is 1.94 bits per heavy atom. The Bertz CT molecular complexity index is 1430. The molecule has 0 aliphatic rings. The molecule has 2 aromatic rings. The second-order valence-corrected chi connectivity index (χ2v) is 15.0. The average Bonchev–Trinajstić information content (AvgIpc) is 2.96. The topological polar surface area (TPSA) is 157 Å². The molecule has 0 aliphatic heterocycles. The molecular formula is C38H56N4O7. The van der Waals surface area contributed by atoms with Gasteiger partial charge in [0.05, 0.1) is 6.42 Å². The second-order valence-electron chi connectivity index (χ2n) is 15.0. The van der Waals surface area contributed by atoms with Crippen molar-refractivity contribution in [3.8, 4) is 0 Å². The van der Waals surface area contributed by atoms with Gasteiger partial charge in [0.25, 0.3) is 0 Å². The summed E-state index contributed by atoms with van der Waals surface area (Å²) in [7, 11) is 0. The lowest BCUT2D eigenvalue weighted by molar-refractivity contribution is -0.159. The summed E-state index contributed by atoms with van der Waals surface area (Å²) in [6, 6.07) is 12.1. The maximum atomic E-state index is 14.7. The number of amides is 4. The van der Waals surface area contributed by atoms with Gasteiger partial charge in [-0.25, -0.2) is 9.59 Å². The van der Waals surface area contributed by atoms with Gasteiger partial charge in [-0.2, -0.15) is 0 Å². The van der Waals surface area contributed by atoms with Crippen molar-refractivity contribution in [1.29, 1.82) is 0 Å². The van der Waals surface area contributed by atoms with Gasteiger partial charge < -0.3 is 30.7 Å². The fraction of sp³-hybridized carbons (Fsp3) is 0.553. The number of hydrogen-bond donors (Lipinski definition) is 3. The Kier molecular flexibility index (Phi) is 14.8. The number of primary amides is 1. The summed E-state index contributed by atoms with van der Waals surface area (Å²) in [4.78, 5) is 69.4. The number of alkyl carbamates (subject to hydrolysis) is 1. The number of aryl methyl sites for hydroxylation is 1. The molecule has 2 rings (SSSR count). The Labute approximate surface area is 291 Å². The first kappa shape index (κ1) is 40.8. The molecular weight excluding hydrogens is 624 g/mol. The van der Waals surface area contributed by atoms with Gasteiger partial charge in [-0.3, -0.25) is 14.4 Å². The van der Waals surface area contributed by atoms with E-state index in [0.717, 1.165) is 17.5 Å². The maximum absolute atomic E-state index is 14.7. The molecule has 0 heterocycles. The van der Waals surface area contributed by atoms with E-state index in [-0.39, 0.29) is 12.3 Å². The van der Waals surface area contributed by atoms with Crippen LogP contribution in [0.3, 0.4) is 0 Å². The van der Waals surface area contributed by atoms with Gasteiger partial charge >= 0.3 is 12.1 Å². The minimum Gasteiger partial charge on any atom is -0.458 e. The van der Waals surface area contributed by atoms with Crippen molar-refractivity contribution in [2.45, 2.75) is 130 Å². The highest BCUT2D eigenvalue weighted by molar-refractivity contribution is 5.96. The number of ether oxygens (including phenoxy) is 2. The number of carbonyl (C=O) groups excluding carboxylic acids is 5. The normalized spacial score (nSPS) is 14.2. The summed E-state index contributed by atoms with van der Waals surface area (Å²) in [6.07, 6.45) is -0.0622. The molecule has 11 heteroatoms. The Morgan fingerprint density at radius 1 is 0.796 bits per heavy atom. The molecule has 49 heavy (non-hydrogen) atoms. The van der Waals surface area contributed by atoms with Crippen LogP contribution in [0.2, 0.25) is 0 Å². The number of rotatable bonds is 15. The Morgan fingerprint density at radius 2 is 1.41 bits per heavy atom. The number of nitrogens with zero attached hydrogens (tertiary/aromatic N) is 1. The average molecular weight is 681 g/mol. The quantitative estimate of drug-likeness (QED) is 0.209. The SMILES string of the molecule is Cc1cccc(C(C(=O)NC(Cc2ccccc2)C(=O)OC(C)(C)C)N(C(=O)C(CC(N)=O)NC(=O)OC(C)(C)C)C(C)CCC(C)C)c1. The van der Waals surface area contributed by atoms with E-state index in [1.54, 1.807) is 59.7 Å². The zero-order valence-corrected chi connectivity index (χ0v) is 30.8. The van der Waals surface area contributed by atoms with E-state index in [1.165, 1.54) is 4.90 Å². The summed E-state index contributed by atoms with van der Waals surface area (Å²) < 4.78 is 11.1.